The fourth-order valence-electron chi connectivity index (χ4n) is 4.20. The number of para-hydroxylation sites is 1. The van der Waals surface area contributed by atoms with E-state index < -0.39 is 15.9 Å². The van der Waals surface area contributed by atoms with E-state index >= 15 is 0 Å². The average molecular weight is 470 g/mol. The number of aromatic nitrogens is 3. The molecule has 0 saturated carbocycles. The Morgan fingerprint density at radius 2 is 1.85 bits per heavy atom. The molecule has 1 aliphatic heterocycles. The Balaban J connectivity index is 1.52. The van der Waals surface area contributed by atoms with E-state index in [1.807, 2.05) is 18.2 Å². The second kappa shape index (κ2) is 9.32. The molecule has 33 heavy (non-hydrogen) atoms. The molecule has 2 atom stereocenters. The first-order chi connectivity index (χ1) is 15.8. The third kappa shape index (κ3) is 4.91. The Labute approximate surface area is 193 Å². The minimum absolute atomic E-state index is 0.0767. The molecular formula is C23H27N5O4S. The molecule has 1 aliphatic rings. The van der Waals surface area contributed by atoms with Gasteiger partial charge in [-0.2, -0.15) is 9.29 Å². The average Bonchev–Trinajstić information content (AvgIpc) is 3.26. The molecule has 1 saturated heterocycles. The molecule has 1 fully saturated rings. The van der Waals surface area contributed by atoms with Crippen molar-refractivity contribution in [1.82, 2.24) is 19.5 Å². The van der Waals surface area contributed by atoms with Gasteiger partial charge in [0.25, 0.3) is 5.91 Å². The number of nitrogens with zero attached hydrogens (tertiary/aromatic N) is 3. The SMILES string of the molecule is COc1ccccc1-c1nc(NC(=O)c2cccc(S(=O)(=O)N3C[C@@H](C)C[C@H](C)C3)c2)n[nH]1. The van der Waals surface area contributed by atoms with Gasteiger partial charge in [-0.15, -0.1) is 5.10 Å². The maximum absolute atomic E-state index is 13.2. The topological polar surface area (TPSA) is 117 Å². The van der Waals surface area contributed by atoms with Crippen LogP contribution in [-0.4, -0.2) is 54.0 Å². The van der Waals surface area contributed by atoms with Crippen molar-refractivity contribution in [3.05, 3.63) is 54.1 Å². The van der Waals surface area contributed by atoms with Crippen LogP contribution in [0.25, 0.3) is 11.4 Å². The summed E-state index contributed by atoms with van der Waals surface area (Å²) in [5.41, 5.74) is 0.906. The second-order valence-corrected chi connectivity index (χ2v) is 10.4. The van der Waals surface area contributed by atoms with Gasteiger partial charge < -0.3 is 4.74 Å². The molecule has 2 heterocycles. The lowest BCUT2D eigenvalue weighted by Gasteiger charge is -2.34. The number of rotatable bonds is 6. The number of sulfonamides is 1. The summed E-state index contributed by atoms with van der Waals surface area (Å²) in [4.78, 5) is 17.2. The summed E-state index contributed by atoms with van der Waals surface area (Å²) in [7, 11) is -2.13. The molecular weight excluding hydrogens is 442 g/mol. The number of benzene rings is 2. The predicted octanol–water partition coefficient (Wildman–Crippen LogP) is 3.40. The van der Waals surface area contributed by atoms with Gasteiger partial charge in [0.15, 0.2) is 5.82 Å². The van der Waals surface area contributed by atoms with Crippen LogP contribution in [0.15, 0.2) is 53.4 Å². The van der Waals surface area contributed by atoms with Crippen molar-refractivity contribution in [2.75, 3.05) is 25.5 Å². The Bertz CT molecular complexity index is 1250. The number of ether oxygens (including phenoxy) is 1. The number of hydrogen-bond acceptors (Lipinski definition) is 6. The van der Waals surface area contributed by atoms with E-state index in [0.29, 0.717) is 30.2 Å². The maximum atomic E-state index is 13.2. The van der Waals surface area contributed by atoms with E-state index in [2.05, 4.69) is 34.3 Å². The fourth-order valence-corrected chi connectivity index (χ4v) is 5.93. The zero-order valence-electron chi connectivity index (χ0n) is 18.8. The summed E-state index contributed by atoms with van der Waals surface area (Å²) in [5, 5.41) is 9.44. The highest BCUT2D eigenvalue weighted by molar-refractivity contribution is 7.89. The van der Waals surface area contributed by atoms with Gasteiger partial charge in [0.2, 0.25) is 16.0 Å². The van der Waals surface area contributed by atoms with Crippen LogP contribution < -0.4 is 10.1 Å². The first-order valence-corrected chi connectivity index (χ1v) is 12.2. The smallest absolute Gasteiger partial charge is 0.258 e. The van der Waals surface area contributed by atoms with Crippen LogP contribution in [0.2, 0.25) is 0 Å². The molecule has 1 aromatic heterocycles. The third-order valence-corrected chi connectivity index (χ3v) is 7.47. The quantitative estimate of drug-likeness (QED) is 0.571. The lowest BCUT2D eigenvalue weighted by molar-refractivity contribution is 0.102. The van der Waals surface area contributed by atoms with E-state index in [1.165, 1.54) is 16.4 Å². The van der Waals surface area contributed by atoms with E-state index in [0.717, 1.165) is 6.42 Å². The van der Waals surface area contributed by atoms with Crippen molar-refractivity contribution in [3.63, 3.8) is 0 Å². The number of anilines is 1. The van der Waals surface area contributed by atoms with E-state index in [1.54, 1.807) is 25.3 Å². The van der Waals surface area contributed by atoms with Crippen molar-refractivity contribution in [2.24, 2.45) is 11.8 Å². The summed E-state index contributed by atoms with van der Waals surface area (Å²) in [6.07, 6.45) is 1.00. The zero-order valence-corrected chi connectivity index (χ0v) is 19.6. The summed E-state index contributed by atoms with van der Waals surface area (Å²) >= 11 is 0. The molecule has 3 aromatic rings. The van der Waals surface area contributed by atoms with Gasteiger partial charge in [0.1, 0.15) is 5.75 Å². The summed E-state index contributed by atoms with van der Waals surface area (Å²) in [5.74, 6) is 1.21. The minimum Gasteiger partial charge on any atom is -0.496 e. The van der Waals surface area contributed by atoms with Crippen LogP contribution in [0.3, 0.4) is 0 Å². The number of hydrogen-bond donors (Lipinski definition) is 2. The number of piperidine rings is 1. The largest absolute Gasteiger partial charge is 0.496 e. The van der Waals surface area contributed by atoms with Gasteiger partial charge in [-0.25, -0.2) is 8.42 Å². The van der Waals surface area contributed by atoms with Crippen molar-refractivity contribution in [2.45, 2.75) is 25.2 Å². The first-order valence-electron chi connectivity index (χ1n) is 10.7. The molecule has 9 nitrogen and oxygen atoms in total. The minimum atomic E-state index is -3.69. The van der Waals surface area contributed by atoms with Crippen LogP contribution in [0.1, 0.15) is 30.6 Å². The van der Waals surface area contributed by atoms with Crippen molar-refractivity contribution >= 4 is 21.9 Å². The number of carbonyl (C=O) groups is 1. The maximum Gasteiger partial charge on any atom is 0.258 e. The molecule has 0 bridgehead atoms. The molecule has 0 unspecified atom stereocenters. The van der Waals surface area contributed by atoms with Gasteiger partial charge in [0.05, 0.1) is 17.6 Å². The Hall–Kier alpha value is -3.24. The van der Waals surface area contributed by atoms with Crippen molar-refractivity contribution in [1.29, 1.82) is 0 Å². The molecule has 1 amide bonds. The molecule has 2 N–H and O–H groups in total. The summed E-state index contributed by atoms with van der Waals surface area (Å²) in [6.45, 7) is 5.06. The van der Waals surface area contributed by atoms with Gasteiger partial charge in [-0.1, -0.05) is 32.0 Å². The molecule has 4 rings (SSSR count). The Kier molecular flexibility index (Phi) is 6.48. The van der Waals surface area contributed by atoms with Crippen LogP contribution >= 0.6 is 0 Å². The normalized spacial score (nSPS) is 19.2. The predicted molar refractivity (Wildman–Crippen MR) is 124 cm³/mol. The van der Waals surface area contributed by atoms with E-state index in [-0.39, 0.29) is 28.2 Å². The van der Waals surface area contributed by atoms with Gasteiger partial charge in [-0.3, -0.25) is 15.2 Å². The summed E-state index contributed by atoms with van der Waals surface area (Å²) in [6, 6.07) is 13.3. The lowest BCUT2D eigenvalue weighted by atomic mass is 9.94. The molecule has 2 aromatic carbocycles. The standard InChI is InChI=1S/C23H27N5O4S/c1-15-11-16(2)14-28(13-15)33(30,31)18-8-6-7-17(12-18)22(29)25-23-24-21(26-27-23)19-9-4-5-10-20(19)32-3/h4-10,12,15-16H,11,13-14H2,1-3H3,(H2,24,25,26,27,29)/t15-,16-/m0/s1. The number of methoxy groups -OCH3 is 1. The van der Waals surface area contributed by atoms with Crippen molar-refractivity contribution < 1.29 is 17.9 Å². The third-order valence-electron chi connectivity index (χ3n) is 5.64. The number of aromatic amines is 1. The monoisotopic (exact) mass is 469 g/mol. The Morgan fingerprint density at radius 1 is 1.12 bits per heavy atom. The van der Waals surface area contributed by atoms with Crippen LogP contribution in [0.4, 0.5) is 5.95 Å². The van der Waals surface area contributed by atoms with Crippen LogP contribution in [0, 0.1) is 11.8 Å². The molecule has 10 heteroatoms. The number of amides is 1. The van der Waals surface area contributed by atoms with Crippen molar-refractivity contribution in [3.8, 4) is 17.1 Å². The molecule has 0 aliphatic carbocycles. The molecule has 0 spiro atoms. The zero-order chi connectivity index (χ0) is 23.6. The summed E-state index contributed by atoms with van der Waals surface area (Å²) < 4.78 is 33.2. The molecule has 174 valence electrons. The number of carbonyl (C=O) groups excluding carboxylic acids is 1. The van der Waals surface area contributed by atoms with Crippen LogP contribution in [-0.2, 0) is 10.0 Å². The number of nitrogens with one attached hydrogen (secondary N) is 2. The highest BCUT2D eigenvalue weighted by atomic mass is 32.2. The highest BCUT2D eigenvalue weighted by Crippen LogP contribution is 2.28. The van der Waals surface area contributed by atoms with Gasteiger partial charge in [-0.05, 0) is 48.6 Å². The highest BCUT2D eigenvalue weighted by Gasteiger charge is 2.32. The molecule has 0 radical (unpaired) electrons. The van der Waals surface area contributed by atoms with Gasteiger partial charge in [0, 0.05) is 18.7 Å². The first kappa shape index (κ1) is 22.9. The van der Waals surface area contributed by atoms with E-state index in [4.69, 9.17) is 4.74 Å². The van der Waals surface area contributed by atoms with E-state index in [9.17, 15) is 13.2 Å². The van der Waals surface area contributed by atoms with Gasteiger partial charge >= 0.3 is 0 Å². The second-order valence-electron chi connectivity index (χ2n) is 8.46. The Morgan fingerprint density at radius 3 is 2.58 bits per heavy atom. The fraction of sp³-hybridized carbons (Fsp3) is 0.348. The lowest BCUT2D eigenvalue weighted by Crippen LogP contribution is -2.42. The number of H-pyrrole nitrogens is 1. The van der Waals surface area contributed by atoms with Crippen LogP contribution in [0.5, 0.6) is 5.75 Å².